The van der Waals surface area contributed by atoms with Gasteiger partial charge in [0.25, 0.3) is 0 Å². The molecular weight excluding hydrogens is 330 g/mol. The second-order valence-corrected chi connectivity index (χ2v) is 5.50. The maximum absolute atomic E-state index is 10.8. The number of hydrogen-bond acceptors (Lipinski definition) is 4. The van der Waals surface area contributed by atoms with E-state index in [4.69, 9.17) is 14.9 Å². The van der Waals surface area contributed by atoms with Crippen molar-refractivity contribution >= 4 is 27.9 Å². The highest BCUT2D eigenvalue weighted by molar-refractivity contribution is 9.10. The molecule has 0 atom stereocenters. The van der Waals surface area contributed by atoms with Crippen molar-refractivity contribution in [2.24, 2.45) is 0 Å². The van der Waals surface area contributed by atoms with E-state index < -0.39 is 11.9 Å². The number of rotatable bonds is 6. The zero-order chi connectivity index (χ0) is 14.7. The number of carbonyl (C=O) groups is 2. The predicted octanol–water partition coefficient (Wildman–Crippen LogP) is 1.36. The van der Waals surface area contributed by atoms with E-state index in [-0.39, 0.29) is 19.6 Å². The number of ether oxygens (including phenoxy) is 1. The van der Waals surface area contributed by atoms with Gasteiger partial charge in [-0.2, -0.15) is 0 Å². The molecule has 0 saturated carbocycles. The van der Waals surface area contributed by atoms with Gasteiger partial charge in [0.05, 0.1) is 19.7 Å². The molecule has 0 aliphatic carbocycles. The summed E-state index contributed by atoms with van der Waals surface area (Å²) in [6, 6.07) is 3.80. The second kappa shape index (κ2) is 6.23. The first-order chi connectivity index (χ1) is 9.45. The van der Waals surface area contributed by atoms with Crippen molar-refractivity contribution in [2.75, 3.05) is 19.7 Å². The minimum absolute atomic E-state index is 0.223. The average molecular weight is 344 g/mol. The van der Waals surface area contributed by atoms with Gasteiger partial charge in [0, 0.05) is 23.0 Å². The smallest absolute Gasteiger partial charge is 0.317 e. The Bertz CT molecular complexity index is 530. The molecule has 0 aromatic heterocycles. The summed E-state index contributed by atoms with van der Waals surface area (Å²) in [5.74, 6) is -1.37. The third-order valence-corrected chi connectivity index (χ3v) is 3.39. The van der Waals surface area contributed by atoms with E-state index in [0.717, 1.165) is 27.8 Å². The normalized spacial score (nSPS) is 13.1. The minimum Gasteiger partial charge on any atom is -0.493 e. The molecule has 0 radical (unpaired) electrons. The fraction of sp³-hybridized carbons (Fsp3) is 0.385. The number of fused-ring (bicyclic) bond motifs is 1. The van der Waals surface area contributed by atoms with Crippen LogP contribution < -0.4 is 4.74 Å². The zero-order valence-electron chi connectivity index (χ0n) is 10.6. The maximum Gasteiger partial charge on any atom is 0.317 e. The molecule has 108 valence electrons. The summed E-state index contributed by atoms with van der Waals surface area (Å²) in [4.78, 5) is 23.0. The van der Waals surface area contributed by atoms with Crippen molar-refractivity contribution in [3.05, 3.63) is 27.7 Å². The number of halogens is 1. The number of carboxylic acid groups (broad SMARTS) is 2. The maximum atomic E-state index is 10.8. The lowest BCUT2D eigenvalue weighted by molar-refractivity contribution is -0.142. The molecular formula is C13H14BrNO5. The Labute approximate surface area is 124 Å². The molecule has 1 aliphatic heterocycles. The third-order valence-electron chi connectivity index (χ3n) is 2.94. The van der Waals surface area contributed by atoms with Crippen molar-refractivity contribution in [1.29, 1.82) is 0 Å². The summed E-state index contributed by atoms with van der Waals surface area (Å²) in [6.07, 6.45) is 0.805. The van der Waals surface area contributed by atoms with Gasteiger partial charge in [-0.15, -0.1) is 0 Å². The molecule has 2 N–H and O–H groups in total. The third kappa shape index (κ3) is 3.71. The number of hydrogen-bond donors (Lipinski definition) is 2. The molecule has 1 heterocycles. The summed E-state index contributed by atoms with van der Waals surface area (Å²) in [6.45, 7) is 0.165. The summed E-state index contributed by atoms with van der Waals surface area (Å²) < 4.78 is 6.43. The van der Waals surface area contributed by atoms with Crippen LogP contribution in [0.5, 0.6) is 5.75 Å². The molecule has 0 amide bonds. The van der Waals surface area contributed by atoms with Crippen molar-refractivity contribution in [1.82, 2.24) is 4.90 Å². The van der Waals surface area contributed by atoms with E-state index in [0.29, 0.717) is 6.61 Å². The molecule has 7 heteroatoms. The molecule has 1 aromatic rings. The largest absolute Gasteiger partial charge is 0.493 e. The van der Waals surface area contributed by atoms with E-state index >= 15 is 0 Å². The van der Waals surface area contributed by atoms with Gasteiger partial charge < -0.3 is 14.9 Å². The predicted molar refractivity (Wildman–Crippen MR) is 73.9 cm³/mol. The molecule has 1 aromatic carbocycles. The SMILES string of the molecule is O=C(O)CN(CC(=O)O)Cc1cc(Br)cc2c1OCC2. The number of benzene rings is 1. The Balaban J connectivity index is 2.21. The average Bonchev–Trinajstić information content (AvgIpc) is 2.74. The molecule has 0 bridgehead atoms. The van der Waals surface area contributed by atoms with Crippen LogP contribution in [0.2, 0.25) is 0 Å². The lowest BCUT2D eigenvalue weighted by atomic mass is 10.1. The minimum atomic E-state index is -1.06. The summed E-state index contributed by atoms with van der Waals surface area (Å²) in [5.41, 5.74) is 1.86. The van der Waals surface area contributed by atoms with Gasteiger partial charge >= 0.3 is 11.9 Å². The highest BCUT2D eigenvalue weighted by Crippen LogP contribution is 2.33. The van der Waals surface area contributed by atoms with Crippen LogP contribution in [0.1, 0.15) is 11.1 Å². The van der Waals surface area contributed by atoms with Gasteiger partial charge in [-0.25, -0.2) is 0 Å². The van der Waals surface area contributed by atoms with E-state index in [9.17, 15) is 9.59 Å². The van der Waals surface area contributed by atoms with Crippen molar-refractivity contribution < 1.29 is 24.5 Å². The van der Waals surface area contributed by atoms with Gasteiger partial charge in [-0.3, -0.25) is 14.5 Å². The monoisotopic (exact) mass is 343 g/mol. The Morgan fingerprint density at radius 2 is 1.90 bits per heavy atom. The van der Waals surface area contributed by atoms with E-state index in [1.807, 2.05) is 12.1 Å². The molecule has 0 unspecified atom stereocenters. The van der Waals surface area contributed by atoms with E-state index in [2.05, 4.69) is 15.9 Å². The number of aliphatic carboxylic acids is 2. The molecule has 0 fully saturated rings. The Morgan fingerprint density at radius 3 is 2.50 bits per heavy atom. The zero-order valence-corrected chi connectivity index (χ0v) is 12.2. The van der Waals surface area contributed by atoms with Gasteiger partial charge in [-0.05, 0) is 17.7 Å². The molecule has 2 rings (SSSR count). The first-order valence-corrected chi connectivity index (χ1v) is 6.85. The van der Waals surface area contributed by atoms with E-state index in [1.54, 1.807) is 0 Å². The number of carboxylic acids is 2. The van der Waals surface area contributed by atoms with Gasteiger partial charge in [0.15, 0.2) is 0 Å². The van der Waals surface area contributed by atoms with E-state index in [1.165, 1.54) is 4.90 Å². The van der Waals surface area contributed by atoms with Crippen LogP contribution in [-0.2, 0) is 22.6 Å². The topological polar surface area (TPSA) is 87.1 Å². The van der Waals surface area contributed by atoms with Crippen molar-refractivity contribution in [3.8, 4) is 5.75 Å². The molecule has 6 nitrogen and oxygen atoms in total. The van der Waals surface area contributed by atoms with Crippen LogP contribution >= 0.6 is 15.9 Å². The Kier molecular flexibility index (Phi) is 4.61. The van der Waals surface area contributed by atoms with Crippen LogP contribution in [-0.4, -0.2) is 46.7 Å². The quantitative estimate of drug-likeness (QED) is 0.810. The summed E-state index contributed by atoms with van der Waals surface area (Å²) in [5, 5.41) is 17.7. The first-order valence-electron chi connectivity index (χ1n) is 6.05. The van der Waals surface area contributed by atoms with Crippen LogP contribution in [0.25, 0.3) is 0 Å². The summed E-state index contributed by atoms with van der Waals surface area (Å²) >= 11 is 3.40. The molecule has 1 aliphatic rings. The van der Waals surface area contributed by atoms with Gasteiger partial charge in [-0.1, -0.05) is 15.9 Å². The lowest BCUT2D eigenvalue weighted by Crippen LogP contribution is -2.34. The number of nitrogens with zero attached hydrogens (tertiary/aromatic N) is 1. The van der Waals surface area contributed by atoms with Gasteiger partial charge in [0.2, 0.25) is 0 Å². The van der Waals surface area contributed by atoms with Crippen LogP contribution in [0.4, 0.5) is 0 Å². The Hall–Kier alpha value is -1.60. The van der Waals surface area contributed by atoms with Crippen molar-refractivity contribution in [3.63, 3.8) is 0 Å². The summed E-state index contributed by atoms with van der Waals surface area (Å²) in [7, 11) is 0. The first kappa shape index (κ1) is 14.8. The highest BCUT2D eigenvalue weighted by Gasteiger charge is 2.21. The lowest BCUT2D eigenvalue weighted by Gasteiger charge is -2.19. The molecule has 0 spiro atoms. The second-order valence-electron chi connectivity index (χ2n) is 4.58. The Morgan fingerprint density at radius 1 is 1.25 bits per heavy atom. The molecule has 0 saturated heterocycles. The van der Waals surface area contributed by atoms with Crippen LogP contribution in [0.3, 0.4) is 0 Å². The van der Waals surface area contributed by atoms with Crippen LogP contribution in [0, 0.1) is 0 Å². The highest BCUT2D eigenvalue weighted by atomic mass is 79.9. The van der Waals surface area contributed by atoms with Gasteiger partial charge in [0.1, 0.15) is 5.75 Å². The van der Waals surface area contributed by atoms with Crippen molar-refractivity contribution in [2.45, 2.75) is 13.0 Å². The van der Waals surface area contributed by atoms with Crippen LogP contribution in [0.15, 0.2) is 16.6 Å². The molecule has 20 heavy (non-hydrogen) atoms. The standard InChI is InChI=1S/C13H14BrNO5/c14-10-3-8-1-2-20-13(8)9(4-10)5-15(6-11(16)17)7-12(18)19/h3-4H,1-2,5-7H2,(H,16,17)(H,18,19). The fourth-order valence-corrected chi connectivity index (χ4v) is 2.81. The fourth-order valence-electron chi connectivity index (χ4n) is 2.25.